The number of nitrogens with one attached hydrogen (secondary N) is 1. The molecule has 5 heteroatoms. The van der Waals surface area contributed by atoms with Gasteiger partial charge in [-0.1, -0.05) is 31.9 Å². The predicted octanol–water partition coefficient (Wildman–Crippen LogP) is 2.27. The number of carbonyl (C=O) groups excluding carboxylic acids is 2. The van der Waals surface area contributed by atoms with Crippen molar-refractivity contribution in [3.63, 3.8) is 0 Å². The van der Waals surface area contributed by atoms with E-state index in [1.165, 1.54) is 0 Å². The highest BCUT2D eigenvalue weighted by atomic mass is 16.2. The number of rotatable bonds is 6. The zero-order valence-electron chi connectivity index (χ0n) is 12.5. The Morgan fingerprint density at radius 2 is 2.19 bits per heavy atom. The Morgan fingerprint density at radius 1 is 1.43 bits per heavy atom. The first-order valence-corrected chi connectivity index (χ1v) is 7.59. The first-order chi connectivity index (χ1) is 10.1. The molecule has 0 aliphatic carbocycles. The molecular formula is C16H23N3O2. The number of nitrogens with zero attached hydrogens (tertiary/aromatic N) is 1. The molecule has 5 nitrogen and oxygen atoms in total. The van der Waals surface area contributed by atoms with Gasteiger partial charge in [-0.15, -0.1) is 0 Å². The second-order valence-electron chi connectivity index (χ2n) is 5.40. The van der Waals surface area contributed by atoms with Gasteiger partial charge in [-0.05, 0) is 25.0 Å². The summed E-state index contributed by atoms with van der Waals surface area (Å²) in [6.07, 6.45) is 4.04. The van der Waals surface area contributed by atoms with Crippen molar-refractivity contribution in [2.75, 3.05) is 16.8 Å². The van der Waals surface area contributed by atoms with Crippen molar-refractivity contribution in [2.45, 2.75) is 45.1 Å². The third-order valence-electron chi connectivity index (χ3n) is 3.73. The predicted molar refractivity (Wildman–Crippen MR) is 84.2 cm³/mol. The molecule has 1 saturated heterocycles. The van der Waals surface area contributed by atoms with Crippen LogP contribution in [0.3, 0.4) is 0 Å². The second kappa shape index (κ2) is 7.22. The second-order valence-corrected chi connectivity index (χ2v) is 5.40. The lowest BCUT2D eigenvalue weighted by molar-refractivity contribution is -0.118. The van der Waals surface area contributed by atoms with Crippen molar-refractivity contribution < 1.29 is 9.59 Å². The van der Waals surface area contributed by atoms with E-state index in [0.717, 1.165) is 24.9 Å². The minimum absolute atomic E-state index is 0.104. The molecule has 1 aromatic rings. The first kappa shape index (κ1) is 15.5. The van der Waals surface area contributed by atoms with Crippen LogP contribution in [0.4, 0.5) is 11.4 Å². The fraction of sp³-hybridized carbons (Fsp3) is 0.500. The molecule has 1 aliphatic rings. The fourth-order valence-corrected chi connectivity index (χ4v) is 2.50. The van der Waals surface area contributed by atoms with E-state index in [-0.39, 0.29) is 11.8 Å². The molecule has 2 rings (SSSR count). The van der Waals surface area contributed by atoms with Crippen molar-refractivity contribution in [2.24, 2.45) is 5.73 Å². The number of benzene rings is 1. The average Bonchev–Trinajstić information content (AvgIpc) is 2.91. The van der Waals surface area contributed by atoms with Gasteiger partial charge in [-0.25, -0.2) is 0 Å². The van der Waals surface area contributed by atoms with Gasteiger partial charge in [0.2, 0.25) is 11.8 Å². The molecule has 0 bridgehead atoms. The Labute approximate surface area is 125 Å². The molecule has 1 fully saturated rings. The van der Waals surface area contributed by atoms with Crippen molar-refractivity contribution in [1.29, 1.82) is 0 Å². The molecule has 1 atom stereocenters. The van der Waals surface area contributed by atoms with E-state index in [0.29, 0.717) is 25.1 Å². The summed E-state index contributed by atoms with van der Waals surface area (Å²) >= 11 is 0. The highest BCUT2D eigenvalue weighted by Crippen LogP contribution is 2.29. The van der Waals surface area contributed by atoms with Gasteiger partial charge in [0, 0.05) is 13.0 Å². The van der Waals surface area contributed by atoms with Crippen LogP contribution in [-0.2, 0) is 9.59 Å². The lowest BCUT2D eigenvalue weighted by atomic mass is 10.1. The lowest BCUT2D eigenvalue weighted by Gasteiger charge is -2.21. The normalized spacial score (nSPS) is 16.1. The number of amides is 2. The number of para-hydroxylation sites is 2. The SMILES string of the molecule is CCCCC(N)C(=O)Nc1ccccc1N1CCCC1=O. The Morgan fingerprint density at radius 3 is 2.86 bits per heavy atom. The minimum atomic E-state index is -0.507. The van der Waals surface area contributed by atoms with E-state index >= 15 is 0 Å². The molecule has 0 saturated carbocycles. The average molecular weight is 289 g/mol. The van der Waals surface area contributed by atoms with Gasteiger partial charge in [0.15, 0.2) is 0 Å². The van der Waals surface area contributed by atoms with Crippen LogP contribution in [0.2, 0.25) is 0 Å². The van der Waals surface area contributed by atoms with Gasteiger partial charge in [-0.2, -0.15) is 0 Å². The third-order valence-corrected chi connectivity index (χ3v) is 3.73. The monoisotopic (exact) mass is 289 g/mol. The highest BCUT2D eigenvalue weighted by Gasteiger charge is 2.24. The van der Waals surface area contributed by atoms with Crippen LogP contribution in [0.25, 0.3) is 0 Å². The molecule has 1 aromatic carbocycles. The molecule has 0 radical (unpaired) electrons. The smallest absolute Gasteiger partial charge is 0.241 e. The Balaban J connectivity index is 2.09. The number of anilines is 2. The molecule has 21 heavy (non-hydrogen) atoms. The van der Waals surface area contributed by atoms with E-state index in [4.69, 9.17) is 5.73 Å². The van der Waals surface area contributed by atoms with Crippen LogP contribution in [-0.4, -0.2) is 24.4 Å². The molecule has 1 aliphatic heterocycles. The maximum atomic E-state index is 12.1. The Bertz CT molecular complexity index is 516. The largest absolute Gasteiger partial charge is 0.323 e. The summed E-state index contributed by atoms with van der Waals surface area (Å²) in [5.74, 6) is -0.0884. The Kier molecular flexibility index (Phi) is 5.33. The zero-order valence-corrected chi connectivity index (χ0v) is 12.5. The van der Waals surface area contributed by atoms with E-state index in [9.17, 15) is 9.59 Å². The van der Waals surface area contributed by atoms with Gasteiger partial charge in [0.1, 0.15) is 0 Å². The van der Waals surface area contributed by atoms with E-state index in [1.807, 2.05) is 24.3 Å². The standard InChI is InChI=1S/C16H23N3O2/c1-2-3-7-12(17)16(21)18-13-8-4-5-9-14(13)19-11-6-10-15(19)20/h4-5,8-9,12H,2-3,6-7,10-11,17H2,1H3,(H,18,21). The molecule has 0 spiro atoms. The maximum absolute atomic E-state index is 12.1. The van der Waals surface area contributed by atoms with Crippen LogP contribution in [0.1, 0.15) is 39.0 Å². The van der Waals surface area contributed by atoms with Gasteiger partial charge >= 0.3 is 0 Å². The molecular weight excluding hydrogens is 266 g/mol. The summed E-state index contributed by atoms with van der Waals surface area (Å²) in [6, 6.07) is 6.87. The highest BCUT2D eigenvalue weighted by molar-refractivity contribution is 6.03. The molecule has 2 amide bonds. The van der Waals surface area contributed by atoms with Crippen LogP contribution in [0.15, 0.2) is 24.3 Å². The lowest BCUT2D eigenvalue weighted by Crippen LogP contribution is -2.36. The molecule has 1 heterocycles. The van der Waals surface area contributed by atoms with Crippen LogP contribution < -0.4 is 16.0 Å². The molecule has 3 N–H and O–H groups in total. The van der Waals surface area contributed by atoms with Crippen molar-refractivity contribution in [1.82, 2.24) is 0 Å². The molecule has 1 unspecified atom stereocenters. The maximum Gasteiger partial charge on any atom is 0.241 e. The minimum Gasteiger partial charge on any atom is -0.323 e. The summed E-state index contributed by atoms with van der Waals surface area (Å²) in [5.41, 5.74) is 7.31. The molecule has 114 valence electrons. The van der Waals surface area contributed by atoms with Crippen molar-refractivity contribution >= 4 is 23.2 Å². The van der Waals surface area contributed by atoms with E-state index in [2.05, 4.69) is 12.2 Å². The topological polar surface area (TPSA) is 75.4 Å². The van der Waals surface area contributed by atoms with Crippen molar-refractivity contribution in [3.8, 4) is 0 Å². The zero-order chi connectivity index (χ0) is 15.2. The van der Waals surface area contributed by atoms with Crippen LogP contribution >= 0.6 is 0 Å². The van der Waals surface area contributed by atoms with Gasteiger partial charge < -0.3 is 16.0 Å². The summed E-state index contributed by atoms with van der Waals surface area (Å²) in [5, 5.41) is 2.86. The number of carbonyl (C=O) groups is 2. The first-order valence-electron chi connectivity index (χ1n) is 7.59. The quantitative estimate of drug-likeness (QED) is 0.843. The number of hydrogen-bond acceptors (Lipinski definition) is 3. The number of unbranched alkanes of at least 4 members (excludes halogenated alkanes) is 1. The summed E-state index contributed by atoms with van der Waals surface area (Å²) < 4.78 is 0. The number of nitrogens with two attached hydrogens (primary N) is 1. The summed E-state index contributed by atoms with van der Waals surface area (Å²) in [7, 11) is 0. The number of hydrogen-bond donors (Lipinski definition) is 2. The van der Waals surface area contributed by atoms with Crippen LogP contribution in [0, 0.1) is 0 Å². The third kappa shape index (κ3) is 3.82. The van der Waals surface area contributed by atoms with Gasteiger partial charge in [0.05, 0.1) is 17.4 Å². The fourth-order valence-electron chi connectivity index (χ4n) is 2.50. The van der Waals surface area contributed by atoms with E-state index < -0.39 is 6.04 Å². The van der Waals surface area contributed by atoms with E-state index in [1.54, 1.807) is 4.90 Å². The molecule has 0 aromatic heterocycles. The van der Waals surface area contributed by atoms with Crippen molar-refractivity contribution in [3.05, 3.63) is 24.3 Å². The summed E-state index contributed by atoms with van der Waals surface area (Å²) in [6.45, 7) is 2.77. The van der Waals surface area contributed by atoms with Gasteiger partial charge in [0.25, 0.3) is 0 Å². The summed E-state index contributed by atoms with van der Waals surface area (Å²) in [4.78, 5) is 25.7. The van der Waals surface area contributed by atoms with Crippen LogP contribution in [0.5, 0.6) is 0 Å². The Hall–Kier alpha value is -1.88. The van der Waals surface area contributed by atoms with Gasteiger partial charge in [-0.3, -0.25) is 9.59 Å².